The molecule has 0 radical (unpaired) electrons. The molecule has 0 fully saturated rings. The number of carbonyl (C=O) groups is 2. The number of nitrogens with zero attached hydrogens (tertiary/aromatic N) is 1. The van der Waals surface area contributed by atoms with Gasteiger partial charge in [-0.2, -0.15) is 11.8 Å². The topological polar surface area (TPSA) is 97.1 Å². The van der Waals surface area contributed by atoms with E-state index in [1.807, 2.05) is 19.1 Å². The zero-order chi connectivity index (χ0) is 26.9. The van der Waals surface area contributed by atoms with E-state index in [1.165, 1.54) is 22.3 Å². The van der Waals surface area contributed by atoms with E-state index in [0.29, 0.717) is 11.6 Å². The van der Waals surface area contributed by atoms with E-state index in [9.17, 15) is 9.59 Å². The summed E-state index contributed by atoms with van der Waals surface area (Å²) in [7, 11) is 0. The second-order valence-corrected chi connectivity index (χ2v) is 10.6. The van der Waals surface area contributed by atoms with Gasteiger partial charge in [0.05, 0.1) is 0 Å². The van der Waals surface area contributed by atoms with Crippen molar-refractivity contribution in [3.63, 3.8) is 0 Å². The van der Waals surface area contributed by atoms with Crippen LogP contribution in [0.25, 0.3) is 0 Å². The first kappa shape index (κ1) is 31.2. The third kappa shape index (κ3) is 15.2. The van der Waals surface area contributed by atoms with Gasteiger partial charge in [0.25, 0.3) is 5.91 Å². The van der Waals surface area contributed by atoms with E-state index in [1.54, 1.807) is 18.0 Å². The number of amides is 3. The number of aryl methyl sites for hydroxylation is 1. The lowest BCUT2D eigenvalue weighted by molar-refractivity contribution is -0.120. The molecule has 0 aliphatic carbocycles. The molecule has 0 bridgehead atoms. The first-order chi connectivity index (χ1) is 17.1. The number of hydrogen-bond acceptors (Lipinski definition) is 5. The maximum absolute atomic E-state index is 12.5. The molecule has 1 atom stereocenters. The molecule has 7 heteroatoms. The van der Waals surface area contributed by atoms with Gasteiger partial charge in [0, 0.05) is 17.7 Å². The monoisotopic (exact) mass is 512 g/mol. The van der Waals surface area contributed by atoms with Crippen molar-refractivity contribution in [3.05, 3.63) is 70.5 Å². The lowest BCUT2D eigenvalue weighted by Crippen LogP contribution is -2.46. The number of carbonyl (C=O) groups excluding carboxylic acids is 2. The van der Waals surface area contributed by atoms with Crippen molar-refractivity contribution >= 4 is 29.5 Å². The average Bonchev–Trinajstić information content (AvgIpc) is 2.78. The number of imide groups is 1. The van der Waals surface area contributed by atoms with Crippen LogP contribution in [0.5, 0.6) is 0 Å². The third-order valence-electron chi connectivity index (χ3n) is 5.40. The van der Waals surface area contributed by atoms with Gasteiger partial charge in [-0.25, -0.2) is 9.78 Å². The Balaban J connectivity index is 2.75. The summed E-state index contributed by atoms with van der Waals surface area (Å²) in [6.07, 6.45) is 16.0. The van der Waals surface area contributed by atoms with Crippen molar-refractivity contribution in [1.29, 1.82) is 0 Å². The molecule has 1 heterocycles. The summed E-state index contributed by atoms with van der Waals surface area (Å²) < 4.78 is 0. The Kier molecular flexibility index (Phi) is 15.3. The normalized spacial score (nSPS) is 12.5. The minimum absolute atomic E-state index is 0.458. The zero-order valence-corrected chi connectivity index (χ0v) is 23.6. The number of allylic oxidation sites excluding steroid dienone is 7. The van der Waals surface area contributed by atoms with Crippen molar-refractivity contribution in [2.24, 2.45) is 5.73 Å². The number of nitrogens with one attached hydrogen (secondary N) is 2. The first-order valence-corrected chi connectivity index (χ1v) is 13.7. The molecule has 6 nitrogen and oxygen atoms in total. The van der Waals surface area contributed by atoms with Crippen LogP contribution in [0, 0.1) is 6.92 Å². The van der Waals surface area contributed by atoms with Crippen molar-refractivity contribution in [2.45, 2.75) is 79.7 Å². The van der Waals surface area contributed by atoms with E-state index in [0.717, 1.165) is 43.4 Å². The quantitative estimate of drug-likeness (QED) is 0.176. The van der Waals surface area contributed by atoms with Crippen LogP contribution in [0.3, 0.4) is 0 Å². The van der Waals surface area contributed by atoms with Crippen molar-refractivity contribution in [1.82, 2.24) is 10.3 Å². The molecular weight excluding hydrogens is 468 g/mol. The van der Waals surface area contributed by atoms with Crippen LogP contribution in [0.2, 0.25) is 0 Å². The van der Waals surface area contributed by atoms with Gasteiger partial charge in [-0.3, -0.25) is 10.1 Å². The highest BCUT2D eigenvalue weighted by Gasteiger charge is 2.20. The summed E-state index contributed by atoms with van der Waals surface area (Å²) in [5, 5.41) is 5.31. The van der Waals surface area contributed by atoms with Crippen molar-refractivity contribution in [2.75, 3.05) is 16.8 Å². The number of anilines is 1. The smallest absolute Gasteiger partial charge is 0.318 e. The van der Waals surface area contributed by atoms with Crippen LogP contribution in [-0.2, 0) is 4.79 Å². The molecule has 0 aliphatic rings. The van der Waals surface area contributed by atoms with Gasteiger partial charge < -0.3 is 11.1 Å². The van der Waals surface area contributed by atoms with Gasteiger partial charge >= 0.3 is 6.03 Å². The molecule has 1 unspecified atom stereocenters. The highest BCUT2D eigenvalue weighted by Crippen LogP contribution is 2.18. The highest BCUT2D eigenvalue weighted by molar-refractivity contribution is 7.99. The molecule has 0 aliphatic heterocycles. The fraction of sp³-hybridized carbons (Fsp3) is 0.483. The Morgan fingerprint density at radius 3 is 2.36 bits per heavy atom. The van der Waals surface area contributed by atoms with Crippen molar-refractivity contribution in [3.8, 4) is 0 Å². The first-order valence-electron chi connectivity index (χ1n) is 12.5. The Morgan fingerprint density at radius 2 is 1.72 bits per heavy atom. The fourth-order valence-electron chi connectivity index (χ4n) is 3.36. The van der Waals surface area contributed by atoms with Gasteiger partial charge in [-0.1, -0.05) is 46.6 Å². The van der Waals surface area contributed by atoms with Crippen molar-refractivity contribution < 1.29 is 9.59 Å². The summed E-state index contributed by atoms with van der Waals surface area (Å²) in [5.41, 5.74) is 11.7. The largest absolute Gasteiger partial charge is 0.358 e. The molecule has 198 valence electrons. The SMILES string of the molecule is CC(C)=CCCC(C)=CCCC(=CCSCC(Nc1cc(C)ccn1)C(=O)NC(N)=O)CC=C(C)C. The number of hydrogen-bond donors (Lipinski definition) is 3. The summed E-state index contributed by atoms with van der Waals surface area (Å²) in [6.45, 7) is 12.7. The molecule has 0 saturated heterocycles. The molecule has 0 spiro atoms. The van der Waals surface area contributed by atoms with E-state index >= 15 is 0 Å². The predicted octanol–water partition coefficient (Wildman–Crippen LogP) is 6.85. The summed E-state index contributed by atoms with van der Waals surface area (Å²) in [4.78, 5) is 28.0. The van der Waals surface area contributed by atoms with Gasteiger partial charge in [-0.05, 0) is 91.3 Å². The fourth-order valence-corrected chi connectivity index (χ4v) is 4.32. The number of urea groups is 1. The molecule has 36 heavy (non-hydrogen) atoms. The van der Waals surface area contributed by atoms with E-state index in [-0.39, 0.29) is 0 Å². The van der Waals surface area contributed by atoms with E-state index in [4.69, 9.17) is 5.73 Å². The molecular formula is C29H44N4O2S. The van der Waals surface area contributed by atoms with E-state index < -0.39 is 18.0 Å². The number of thioether (sulfide) groups is 1. The van der Waals surface area contributed by atoms with Gasteiger partial charge in [0.1, 0.15) is 11.9 Å². The van der Waals surface area contributed by atoms with Crippen LogP contribution in [0.15, 0.2) is 64.9 Å². The Hall–Kier alpha value is -2.80. The van der Waals surface area contributed by atoms with Gasteiger partial charge in [0.15, 0.2) is 0 Å². The van der Waals surface area contributed by atoms with Crippen LogP contribution in [-0.4, -0.2) is 34.5 Å². The second-order valence-electron chi connectivity index (χ2n) is 9.56. The van der Waals surface area contributed by atoms with Crippen LogP contribution in [0.1, 0.15) is 72.3 Å². The Labute approximate surface area is 222 Å². The summed E-state index contributed by atoms with van der Waals surface area (Å²) in [5.74, 6) is 1.38. The van der Waals surface area contributed by atoms with Crippen LogP contribution in [0.4, 0.5) is 10.6 Å². The molecule has 1 rings (SSSR count). The number of primary amides is 1. The summed E-state index contributed by atoms with van der Waals surface area (Å²) in [6, 6.07) is 2.26. The lowest BCUT2D eigenvalue weighted by Gasteiger charge is -2.18. The third-order valence-corrected chi connectivity index (χ3v) is 6.37. The minimum atomic E-state index is -0.859. The molecule has 0 aromatic carbocycles. The van der Waals surface area contributed by atoms with Gasteiger partial charge in [0.2, 0.25) is 0 Å². The standard InChI is InChI=1S/C29H44N4O2S/c1-21(2)9-7-10-23(5)11-8-12-25(14-13-22(3)4)16-18-36-20-26(28(34)33-29(30)35)32-27-19-24(6)15-17-31-27/h9,11,13,15-17,19,26H,7-8,10,12,14,18,20H2,1-6H3,(H,31,32)(H3,30,33,34,35). The molecule has 4 N–H and O–H groups in total. The Bertz CT molecular complexity index is 971. The highest BCUT2D eigenvalue weighted by atomic mass is 32.2. The lowest BCUT2D eigenvalue weighted by atomic mass is 10.0. The molecule has 1 aromatic heterocycles. The second kappa shape index (κ2) is 17.6. The molecule has 1 aromatic rings. The molecule has 0 saturated carbocycles. The predicted molar refractivity (Wildman–Crippen MR) is 155 cm³/mol. The average molecular weight is 513 g/mol. The zero-order valence-electron chi connectivity index (χ0n) is 22.8. The van der Waals surface area contributed by atoms with Gasteiger partial charge in [-0.15, -0.1) is 0 Å². The van der Waals surface area contributed by atoms with Crippen LogP contribution >= 0.6 is 11.8 Å². The van der Waals surface area contributed by atoms with Crippen LogP contribution < -0.4 is 16.4 Å². The number of pyridine rings is 1. The maximum atomic E-state index is 12.5. The number of aromatic nitrogens is 1. The molecule has 3 amide bonds. The number of nitrogens with two attached hydrogens (primary N) is 1. The van der Waals surface area contributed by atoms with E-state index in [2.05, 4.69) is 74.5 Å². The summed E-state index contributed by atoms with van der Waals surface area (Å²) >= 11 is 1.63. The number of rotatable bonds is 15. The minimum Gasteiger partial charge on any atom is -0.358 e. The maximum Gasteiger partial charge on any atom is 0.318 e. The Morgan fingerprint density at radius 1 is 1.03 bits per heavy atom.